The van der Waals surface area contributed by atoms with E-state index in [0.717, 1.165) is 48.9 Å². The van der Waals surface area contributed by atoms with E-state index in [1.807, 2.05) is 59.2 Å². The van der Waals surface area contributed by atoms with Crippen molar-refractivity contribution < 1.29 is 28.9 Å². The molecule has 1 fully saturated rings. The molecule has 0 heterocycles. The minimum atomic E-state index is 0.129. The lowest BCUT2D eigenvalue weighted by Crippen LogP contribution is -2.23. The number of ether oxygens (including phenoxy) is 3. The lowest BCUT2D eigenvalue weighted by Gasteiger charge is -2.28. The van der Waals surface area contributed by atoms with Gasteiger partial charge in [-0.05, 0) is 115 Å². The number of anilines is 2. The number of carbonyl (C=O) groups excluding carboxylic acids is 2. The summed E-state index contributed by atoms with van der Waals surface area (Å²) >= 11 is 0. The van der Waals surface area contributed by atoms with Gasteiger partial charge in [-0.2, -0.15) is 0 Å². The van der Waals surface area contributed by atoms with Gasteiger partial charge in [-0.3, -0.25) is 4.79 Å². The number of aliphatic hydroxyl groups is 1. The van der Waals surface area contributed by atoms with Crippen LogP contribution in [0, 0.1) is 31.6 Å². The summed E-state index contributed by atoms with van der Waals surface area (Å²) in [7, 11) is 5.41. The minimum absolute atomic E-state index is 0.129. The average molecular weight is 737 g/mol. The number of benzene rings is 2. The van der Waals surface area contributed by atoms with Crippen LogP contribution in [0.3, 0.4) is 0 Å². The fraction of sp³-hybridized carbons (Fsp3) is 0.467. The van der Waals surface area contributed by atoms with Gasteiger partial charge in [0.1, 0.15) is 18.3 Å². The number of nitrogens with one attached hydrogen (secondary N) is 2. The summed E-state index contributed by atoms with van der Waals surface area (Å²) in [5.74, 6) is 2.55. The van der Waals surface area contributed by atoms with E-state index in [4.69, 9.17) is 24.1 Å². The molecule has 0 saturated heterocycles. The Morgan fingerprint density at radius 2 is 1.45 bits per heavy atom. The third-order valence-corrected chi connectivity index (χ3v) is 7.83. The van der Waals surface area contributed by atoms with Crippen molar-refractivity contribution in [2.75, 3.05) is 58.3 Å². The van der Waals surface area contributed by atoms with E-state index >= 15 is 0 Å². The molecule has 298 valence electrons. The molecule has 1 unspecified atom stereocenters. The Hall–Kier alpha value is -4.40. The maximum atomic E-state index is 10.4. The molecule has 1 atom stereocenters. The van der Waals surface area contributed by atoms with Crippen molar-refractivity contribution in [2.24, 2.45) is 17.8 Å². The second kappa shape index (κ2) is 37.4. The first-order valence-electron chi connectivity index (χ1n) is 18.2. The number of aryl methyl sites for hydroxylation is 2. The molecule has 0 aliphatic heterocycles. The second-order valence-electron chi connectivity index (χ2n) is 12.8. The third-order valence-electron chi connectivity index (χ3n) is 7.83. The minimum Gasteiger partial charge on any atom is -0.516 e. The summed E-state index contributed by atoms with van der Waals surface area (Å²) < 4.78 is 15.9. The second-order valence-corrected chi connectivity index (χ2v) is 12.8. The number of carbonyl (C=O) groups is 2. The van der Waals surface area contributed by atoms with Crippen LogP contribution in [0.4, 0.5) is 11.4 Å². The molecule has 0 amide bonds. The van der Waals surface area contributed by atoms with Crippen LogP contribution in [-0.4, -0.2) is 65.3 Å². The number of hydrogen-bond donors (Lipinski definition) is 3. The quantitative estimate of drug-likeness (QED) is 0.0545. The molecule has 1 aliphatic rings. The molecule has 1 aliphatic carbocycles. The Morgan fingerprint density at radius 1 is 0.925 bits per heavy atom. The van der Waals surface area contributed by atoms with E-state index in [2.05, 4.69) is 82.0 Å². The van der Waals surface area contributed by atoms with Gasteiger partial charge in [0.15, 0.2) is 0 Å². The first-order valence-corrected chi connectivity index (χ1v) is 18.2. The van der Waals surface area contributed by atoms with Gasteiger partial charge in [0.05, 0.1) is 19.5 Å². The first-order chi connectivity index (χ1) is 25.3. The van der Waals surface area contributed by atoms with Gasteiger partial charge in [-0.15, -0.1) is 0 Å². The lowest BCUT2D eigenvalue weighted by atomic mass is 9.82. The molecular weight excluding hydrogens is 665 g/mol. The monoisotopic (exact) mass is 737 g/mol. The Morgan fingerprint density at radius 3 is 1.87 bits per heavy atom. The van der Waals surface area contributed by atoms with Crippen molar-refractivity contribution in [3.05, 3.63) is 116 Å². The standard InChI is InChI=1S/C17H28N2O.C13H18O3.C5H10.C5H8.C3H4O.C2H4O/c1-13-4-9-16(10-17(13)18-2)19-11-14-5-7-15(8-6-14)12-20-3;1-11-3-5-13(6-4-11)16-10-12(7-8-14)9-15-2;2*1-4-5(2)3;1-2-3-4;1-2-3/h4,9-10,14-15,18-19H,5-8,11-12H2,1-3H3;3-6,8,12H,7,9-10H2,1-2H3;4H,1-3H3;4H,1-2H2,3H3;2-3H,1H2;2-3H,1H2. The van der Waals surface area contributed by atoms with Crippen molar-refractivity contribution in [3.63, 3.8) is 0 Å². The fourth-order valence-corrected chi connectivity index (χ4v) is 4.51. The first kappa shape index (κ1) is 53.0. The van der Waals surface area contributed by atoms with Crippen LogP contribution in [0.25, 0.3) is 0 Å². The van der Waals surface area contributed by atoms with E-state index in [-0.39, 0.29) is 5.92 Å². The molecule has 2 aromatic carbocycles. The topological polar surface area (TPSA) is 106 Å². The normalized spacial score (nSPS) is 14.1. The van der Waals surface area contributed by atoms with Gasteiger partial charge in [-0.1, -0.05) is 73.4 Å². The Bertz CT molecular complexity index is 1250. The Balaban J connectivity index is -0.000000668. The lowest BCUT2D eigenvalue weighted by molar-refractivity contribution is -0.109. The molecular formula is C45H72N2O6. The number of aldehydes is 2. The zero-order chi connectivity index (χ0) is 40.9. The summed E-state index contributed by atoms with van der Waals surface area (Å²) in [6, 6.07) is 14.4. The average Bonchev–Trinajstić information content (AvgIpc) is 3.16. The summed E-state index contributed by atoms with van der Waals surface area (Å²) in [4.78, 5) is 19.5. The van der Waals surface area contributed by atoms with E-state index in [0.29, 0.717) is 25.9 Å². The zero-order valence-electron chi connectivity index (χ0n) is 34.4. The molecule has 3 N–H and O–H groups in total. The molecule has 8 nitrogen and oxygen atoms in total. The van der Waals surface area contributed by atoms with Gasteiger partial charge in [0, 0.05) is 58.1 Å². The maximum Gasteiger partial charge on any atom is 0.142 e. The fourth-order valence-electron chi connectivity index (χ4n) is 4.51. The van der Waals surface area contributed by atoms with Gasteiger partial charge < -0.3 is 34.7 Å². The van der Waals surface area contributed by atoms with Gasteiger partial charge in [-0.25, -0.2) is 0 Å². The van der Waals surface area contributed by atoms with E-state index in [1.165, 1.54) is 59.8 Å². The highest BCUT2D eigenvalue weighted by atomic mass is 16.5. The summed E-state index contributed by atoms with van der Waals surface area (Å²) in [5.41, 5.74) is 7.32. The summed E-state index contributed by atoms with van der Waals surface area (Å²) in [6.45, 7) is 28.4. The number of hydrogen-bond acceptors (Lipinski definition) is 8. The van der Waals surface area contributed by atoms with Crippen LogP contribution in [-0.2, 0) is 19.1 Å². The van der Waals surface area contributed by atoms with Crippen LogP contribution in [0.1, 0.15) is 70.9 Å². The molecule has 1 saturated carbocycles. The molecule has 0 bridgehead atoms. The SMILES string of the molecule is C=CC(=C)C.C=CC=O.C=CO.CC=C(C)C.CNc1cc(NCC2CCC(COC)CC2)ccc1C.COCC(CC=O)COc1ccc(C)cc1. The van der Waals surface area contributed by atoms with Crippen molar-refractivity contribution in [3.8, 4) is 5.75 Å². The Kier molecular flexibility index (Phi) is 37.3. The highest BCUT2D eigenvalue weighted by molar-refractivity contribution is 5.63. The van der Waals surface area contributed by atoms with Crippen molar-refractivity contribution in [1.29, 1.82) is 0 Å². The highest BCUT2D eigenvalue weighted by Crippen LogP contribution is 2.29. The number of allylic oxidation sites excluding steroid dienone is 5. The molecule has 0 radical (unpaired) electrons. The summed E-state index contributed by atoms with van der Waals surface area (Å²) in [6.07, 6.45) is 13.0. The van der Waals surface area contributed by atoms with E-state index < -0.39 is 0 Å². The van der Waals surface area contributed by atoms with Crippen LogP contribution in [0.15, 0.2) is 104 Å². The van der Waals surface area contributed by atoms with Gasteiger partial charge >= 0.3 is 0 Å². The van der Waals surface area contributed by atoms with Gasteiger partial charge in [0.25, 0.3) is 0 Å². The molecule has 8 heteroatoms. The van der Waals surface area contributed by atoms with Crippen LogP contribution in [0.5, 0.6) is 5.75 Å². The summed E-state index contributed by atoms with van der Waals surface area (Å²) in [5, 5.41) is 14.2. The van der Waals surface area contributed by atoms with Crippen LogP contribution < -0.4 is 15.4 Å². The highest BCUT2D eigenvalue weighted by Gasteiger charge is 2.20. The predicted molar refractivity (Wildman–Crippen MR) is 228 cm³/mol. The molecule has 3 rings (SSSR count). The third kappa shape index (κ3) is 33.2. The predicted octanol–water partition coefficient (Wildman–Crippen LogP) is 10.9. The molecule has 0 spiro atoms. The number of aliphatic hydroxyl groups excluding tert-OH is 1. The van der Waals surface area contributed by atoms with Gasteiger partial charge in [0.2, 0.25) is 0 Å². The maximum absolute atomic E-state index is 10.4. The van der Waals surface area contributed by atoms with E-state index in [1.54, 1.807) is 13.2 Å². The Labute approximate surface area is 323 Å². The largest absolute Gasteiger partial charge is 0.516 e. The zero-order valence-corrected chi connectivity index (χ0v) is 34.4. The van der Waals surface area contributed by atoms with Crippen molar-refractivity contribution >= 4 is 23.9 Å². The van der Waals surface area contributed by atoms with Crippen LogP contribution in [0.2, 0.25) is 0 Å². The van der Waals surface area contributed by atoms with Crippen LogP contribution >= 0.6 is 0 Å². The molecule has 0 aromatic heterocycles. The molecule has 53 heavy (non-hydrogen) atoms. The number of rotatable bonds is 15. The molecule has 2 aromatic rings. The van der Waals surface area contributed by atoms with Crippen molar-refractivity contribution in [1.82, 2.24) is 0 Å². The smallest absolute Gasteiger partial charge is 0.142 e. The number of methoxy groups -OCH3 is 2. The van der Waals surface area contributed by atoms with E-state index in [9.17, 15) is 4.79 Å². The van der Waals surface area contributed by atoms with Crippen molar-refractivity contribution in [2.45, 2.75) is 73.6 Å².